The summed E-state index contributed by atoms with van der Waals surface area (Å²) in [6.45, 7) is 4.51. The van der Waals surface area contributed by atoms with Crippen LogP contribution in [-0.4, -0.2) is 58.3 Å². The zero-order valence-electron chi connectivity index (χ0n) is 24.0. The Morgan fingerprint density at radius 1 is 1.05 bits per heavy atom. The fourth-order valence-electron chi connectivity index (χ4n) is 3.46. The van der Waals surface area contributed by atoms with Gasteiger partial charge in [-0.15, -0.1) is 0 Å². The van der Waals surface area contributed by atoms with Gasteiger partial charge >= 0.3 is 0 Å². The van der Waals surface area contributed by atoms with Gasteiger partial charge in [0.05, 0.1) is 22.9 Å². The summed E-state index contributed by atoms with van der Waals surface area (Å²) in [6, 6.07) is 25.2. The van der Waals surface area contributed by atoms with E-state index in [2.05, 4.69) is 46.6 Å². The van der Waals surface area contributed by atoms with E-state index in [0.717, 1.165) is 27.4 Å². The molecule has 0 bridgehead atoms. The van der Waals surface area contributed by atoms with Crippen LogP contribution in [0.5, 0.6) is 0 Å². The van der Waals surface area contributed by atoms with Crippen molar-refractivity contribution >= 4 is 51.3 Å². The van der Waals surface area contributed by atoms with Crippen molar-refractivity contribution in [3.63, 3.8) is 0 Å². The molecule has 10 nitrogen and oxygen atoms in total. The second kappa shape index (κ2) is 16.3. The summed E-state index contributed by atoms with van der Waals surface area (Å²) < 4.78 is 23.9. The summed E-state index contributed by atoms with van der Waals surface area (Å²) >= 11 is 1.55. The van der Waals surface area contributed by atoms with E-state index in [1.807, 2.05) is 61.5 Å². The van der Waals surface area contributed by atoms with Crippen LogP contribution in [0.3, 0.4) is 0 Å². The van der Waals surface area contributed by atoms with Gasteiger partial charge in [-0.1, -0.05) is 30.3 Å². The largest absolute Gasteiger partial charge is 0.468 e. The van der Waals surface area contributed by atoms with Crippen LogP contribution in [-0.2, 0) is 19.3 Å². The third kappa shape index (κ3) is 9.75. The molecule has 1 aromatic heterocycles. The number of nitrogens with zero attached hydrogens (tertiary/aromatic N) is 3. The fourth-order valence-corrected chi connectivity index (χ4v) is 4.98. The standard InChI is InChI=1S/C27H30N6O2S2.C3H6O2/c1-19(18-34)30-26-25(20-9-11-22(12-10-20)33-36-23-7-5-4-6-8-23)17-29-27(32-26)31-21-13-15-24(16-14-21)37(3,35)28-2;1-2-5-3-4/h4-17,19,33-34H,18H2,1-3H3,(H2,29,30,31,32);3H,2H2,1H3/t19-,37?;/m1./s1. The number of aliphatic hydroxyl groups excluding tert-OH is 1. The SMILES string of the molecule is CCOC=O.CN=S(C)(=O)c1ccc(Nc2ncc(-c3ccc(NSc4ccccc4)cc3)c(N[C@H](C)CO)n2)cc1. The first-order valence-corrected chi connectivity index (χ1v) is 15.9. The summed E-state index contributed by atoms with van der Waals surface area (Å²) in [7, 11) is -0.837. The van der Waals surface area contributed by atoms with Crippen LogP contribution < -0.4 is 15.4 Å². The molecule has 222 valence electrons. The number of aliphatic hydroxyl groups is 1. The molecule has 1 heterocycles. The number of rotatable bonds is 12. The van der Waals surface area contributed by atoms with E-state index in [0.29, 0.717) is 29.7 Å². The molecule has 0 fully saturated rings. The van der Waals surface area contributed by atoms with Gasteiger partial charge in [-0.05, 0) is 79.9 Å². The molecule has 4 rings (SSSR count). The van der Waals surface area contributed by atoms with Gasteiger partial charge in [0.15, 0.2) is 0 Å². The molecule has 0 amide bonds. The van der Waals surface area contributed by atoms with Crippen molar-refractivity contribution in [2.24, 2.45) is 4.36 Å². The van der Waals surface area contributed by atoms with Gasteiger partial charge in [-0.2, -0.15) is 4.98 Å². The summed E-state index contributed by atoms with van der Waals surface area (Å²) in [6.07, 6.45) is 3.37. The minimum Gasteiger partial charge on any atom is -0.468 e. The highest BCUT2D eigenvalue weighted by Crippen LogP contribution is 2.30. The molecule has 1 unspecified atom stereocenters. The number of anilines is 4. The van der Waals surface area contributed by atoms with Crippen LogP contribution in [0.1, 0.15) is 13.8 Å². The van der Waals surface area contributed by atoms with Gasteiger partial charge in [-0.3, -0.25) is 4.79 Å². The number of ether oxygens (including phenoxy) is 1. The van der Waals surface area contributed by atoms with Crippen LogP contribution in [0.25, 0.3) is 11.1 Å². The molecule has 0 saturated carbocycles. The normalized spacial score (nSPS) is 12.5. The van der Waals surface area contributed by atoms with Crippen molar-refractivity contribution in [3.8, 4) is 11.1 Å². The van der Waals surface area contributed by atoms with E-state index >= 15 is 0 Å². The van der Waals surface area contributed by atoms with Crippen LogP contribution in [0.4, 0.5) is 23.1 Å². The minimum absolute atomic E-state index is 0.0357. The summed E-state index contributed by atoms with van der Waals surface area (Å²) in [4.78, 5) is 20.2. The number of carbonyl (C=O) groups excluding carboxylic acids is 1. The molecule has 4 N–H and O–H groups in total. The first-order chi connectivity index (χ1) is 20.3. The Morgan fingerprint density at radius 2 is 1.71 bits per heavy atom. The zero-order valence-corrected chi connectivity index (χ0v) is 25.6. The quantitative estimate of drug-likeness (QED) is 0.111. The number of nitrogens with one attached hydrogen (secondary N) is 3. The molecule has 0 spiro atoms. The van der Waals surface area contributed by atoms with Gasteiger partial charge < -0.3 is 25.2 Å². The molecule has 0 aliphatic rings. The van der Waals surface area contributed by atoms with Gasteiger partial charge in [0.25, 0.3) is 6.47 Å². The number of hydrogen-bond donors (Lipinski definition) is 4. The highest BCUT2D eigenvalue weighted by atomic mass is 32.2. The van der Waals surface area contributed by atoms with Crippen LogP contribution >= 0.6 is 11.9 Å². The van der Waals surface area contributed by atoms with E-state index in [1.165, 1.54) is 0 Å². The predicted octanol–water partition coefficient (Wildman–Crippen LogP) is 6.06. The maximum absolute atomic E-state index is 12.5. The number of benzene rings is 3. The molecule has 0 saturated heterocycles. The van der Waals surface area contributed by atoms with Crippen molar-refractivity contribution < 1.29 is 18.8 Å². The zero-order chi connectivity index (χ0) is 30.4. The van der Waals surface area contributed by atoms with Crippen molar-refractivity contribution in [3.05, 3.63) is 85.1 Å². The van der Waals surface area contributed by atoms with Crippen molar-refractivity contribution in [1.29, 1.82) is 0 Å². The van der Waals surface area contributed by atoms with E-state index < -0.39 is 9.73 Å². The molecule has 3 aromatic carbocycles. The number of aromatic nitrogens is 2. The number of hydrogen-bond acceptors (Lipinski definition) is 11. The maximum Gasteiger partial charge on any atom is 0.293 e. The third-order valence-corrected chi connectivity index (χ3v) is 8.49. The Kier molecular flexibility index (Phi) is 12.6. The molecule has 4 aromatic rings. The number of carbonyl (C=O) groups is 1. The van der Waals surface area contributed by atoms with E-state index in [1.54, 1.807) is 50.5 Å². The maximum atomic E-state index is 12.5. The first kappa shape index (κ1) is 32.4. The third-order valence-electron chi connectivity index (χ3n) is 5.80. The topological polar surface area (TPSA) is 138 Å². The highest BCUT2D eigenvalue weighted by Gasteiger charge is 2.13. The van der Waals surface area contributed by atoms with Crippen molar-refractivity contribution in [2.75, 3.05) is 41.9 Å². The summed E-state index contributed by atoms with van der Waals surface area (Å²) in [5.41, 5.74) is 3.50. The first-order valence-electron chi connectivity index (χ1n) is 13.1. The lowest BCUT2D eigenvalue weighted by Crippen LogP contribution is -2.21. The van der Waals surface area contributed by atoms with Crippen LogP contribution in [0.2, 0.25) is 0 Å². The van der Waals surface area contributed by atoms with E-state index in [4.69, 9.17) is 0 Å². The average molecular weight is 609 g/mol. The minimum atomic E-state index is -2.39. The molecular weight excluding hydrogens is 573 g/mol. The second-order valence-electron chi connectivity index (χ2n) is 8.96. The Morgan fingerprint density at radius 3 is 2.29 bits per heavy atom. The lowest BCUT2D eigenvalue weighted by Gasteiger charge is -2.17. The Bertz CT molecular complexity index is 1530. The van der Waals surface area contributed by atoms with Crippen molar-refractivity contribution in [1.82, 2.24) is 9.97 Å². The van der Waals surface area contributed by atoms with E-state index in [9.17, 15) is 14.1 Å². The van der Waals surface area contributed by atoms with Gasteiger partial charge in [0.2, 0.25) is 5.95 Å². The Balaban J connectivity index is 0.000000892. The fraction of sp³-hybridized carbons (Fsp3) is 0.233. The smallest absolute Gasteiger partial charge is 0.293 e. The summed E-state index contributed by atoms with van der Waals surface area (Å²) in [5.74, 6) is 1.01. The lowest BCUT2D eigenvalue weighted by atomic mass is 10.1. The predicted molar refractivity (Wildman–Crippen MR) is 172 cm³/mol. The van der Waals surface area contributed by atoms with Crippen molar-refractivity contribution in [2.45, 2.75) is 29.7 Å². The van der Waals surface area contributed by atoms with Gasteiger partial charge in [0, 0.05) is 52.3 Å². The molecule has 2 atom stereocenters. The van der Waals surface area contributed by atoms with E-state index in [-0.39, 0.29) is 12.6 Å². The molecular formula is C30H36N6O4S2. The summed E-state index contributed by atoms with van der Waals surface area (Å²) in [5, 5.41) is 16.1. The highest BCUT2D eigenvalue weighted by molar-refractivity contribution is 8.00. The van der Waals surface area contributed by atoms with Gasteiger partial charge in [-0.25, -0.2) is 13.6 Å². The van der Waals surface area contributed by atoms with Gasteiger partial charge in [0.1, 0.15) is 5.82 Å². The molecule has 12 heteroatoms. The van der Waals surface area contributed by atoms with Crippen LogP contribution in [0.15, 0.2) is 99.2 Å². The monoisotopic (exact) mass is 608 g/mol. The second-order valence-corrected chi connectivity index (χ2v) is 12.3. The molecule has 0 aliphatic carbocycles. The lowest BCUT2D eigenvalue weighted by molar-refractivity contribution is -0.128. The molecule has 0 radical (unpaired) electrons. The molecule has 0 aliphatic heterocycles. The van der Waals surface area contributed by atoms with Crippen LogP contribution in [0, 0.1) is 0 Å². The Labute approximate surface area is 251 Å². The molecule has 42 heavy (non-hydrogen) atoms. The Hall–Kier alpha value is -4.13. The average Bonchev–Trinajstić information content (AvgIpc) is 3.02.